The third-order valence-corrected chi connectivity index (χ3v) is 2.22. The summed E-state index contributed by atoms with van der Waals surface area (Å²) in [5, 5.41) is 0. The first kappa shape index (κ1) is 10.4. The van der Waals surface area contributed by atoms with Crippen LogP contribution in [0.1, 0.15) is 13.3 Å². The monoisotopic (exact) mass is 196 g/mol. The summed E-state index contributed by atoms with van der Waals surface area (Å²) in [4.78, 5) is 0. The maximum Gasteiger partial charge on any atom is 0.342 e. The zero-order valence-electron chi connectivity index (χ0n) is 7.28. The number of hydrogen-bond donors (Lipinski definition) is 0. The van der Waals surface area contributed by atoms with E-state index in [4.69, 9.17) is 4.74 Å². The van der Waals surface area contributed by atoms with Crippen molar-refractivity contribution in [1.29, 1.82) is 0 Å². The number of ether oxygens (including phenoxy) is 2. The van der Waals surface area contributed by atoms with E-state index in [2.05, 4.69) is 4.74 Å². The molecule has 1 aliphatic heterocycles. The third-order valence-electron chi connectivity index (χ3n) is 2.22. The molecule has 0 saturated carbocycles. The minimum atomic E-state index is -2.41. The second-order valence-electron chi connectivity index (χ2n) is 3.17. The second-order valence-corrected chi connectivity index (χ2v) is 3.17. The fourth-order valence-corrected chi connectivity index (χ4v) is 1.05. The summed E-state index contributed by atoms with van der Waals surface area (Å²) in [6.07, 6.45) is -1.68. The SMILES string of the molecule is CCC1(COC(F)=C(F)F)COC1. The molecule has 0 N–H and O–H groups in total. The molecule has 2 nitrogen and oxygen atoms in total. The lowest BCUT2D eigenvalue weighted by Gasteiger charge is -2.39. The summed E-state index contributed by atoms with van der Waals surface area (Å²) in [6.45, 7) is 2.74. The molecule has 76 valence electrons. The molecule has 0 atom stereocenters. The van der Waals surface area contributed by atoms with Crippen LogP contribution in [-0.4, -0.2) is 19.8 Å². The van der Waals surface area contributed by atoms with E-state index in [0.29, 0.717) is 13.2 Å². The molecule has 0 unspecified atom stereocenters. The first-order valence-electron chi connectivity index (χ1n) is 4.01. The van der Waals surface area contributed by atoms with E-state index in [1.807, 2.05) is 6.92 Å². The Morgan fingerprint density at radius 3 is 2.31 bits per heavy atom. The van der Waals surface area contributed by atoms with Crippen LogP contribution in [0.15, 0.2) is 12.1 Å². The van der Waals surface area contributed by atoms with Crippen molar-refractivity contribution in [1.82, 2.24) is 0 Å². The quantitative estimate of drug-likeness (QED) is 0.643. The Bertz CT molecular complexity index is 202. The Morgan fingerprint density at radius 2 is 2.00 bits per heavy atom. The Labute approximate surface area is 74.3 Å². The summed E-state index contributed by atoms with van der Waals surface area (Å²) in [7, 11) is 0. The van der Waals surface area contributed by atoms with Crippen LogP contribution in [0.5, 0.6) is 0 Å². The average Bonchev–Trinajstić information content (AvgIpc) is 2.02. The predicted octanol–water partition coefficient (Wildman–Crippen LogP) is 2.46. The first-order chi connectivity index (χ1) is 6.09. The molecule has 0 aromatic carbocycles. The molecule has 1 rings (SSSR count). The molecule has 5 heteroatoms. The second kappa shape index (κ2) is 4.00. The lowest BCUT2D eigenvalue weighted by Crippen LogP contribution is -2.45. The maximum absolute atomic E-state index is 12.2. The lowest BCUT2D eigenvalue weighted by atomic mass is 9.84. The van der Waals surface area contributed by atoms with Gasteiger partial charge in [-0.1, -0.05) is 6.92 Å². The van der Waals surface area contributed by atoms with Crippen LogP contribution in [0.3, 0.4) is 0 Å². The lowest BCUT2D eigenvalue weighted by molar-refractivity contribution is -0.147. The molecular weight excluding hydrogens is 185 g/mol. The van der Waals surface area contributed by atoms with Gasteiger partial charge in [-0.25, -0.2) is 0 Å². The van der Waals surface area contributed by atoms with Crippen molar-refractivity contribution in [2.24, 2.45) is 5.41 Å². The van der Waals surface area contributed by atoms with Crippen LogP contribution in [0, 0.1) is 5.41 Å². The normalized spacial score (nSPS) is 19.1. The van der Waals surface area contributed by atoms with Crippen molar-refractivity contribution in [3.05, 3.63) is 12.1 Å². The Morgan fingerprint density at radius 1 is 1.38 bits per heavy atom. The van der Waals surface area contributed by atoms with Crippen LogP contribution in [0.25, 0.3) is 0 Å². The van der Waals surface area contributed by atoms with E-state index in [9.17, 15) is 13.2 Å². The number of halogens is 3. The fraction of sp³-hybridized carbons (Fsp3) is 0.750. The molecule has 1 aliphatic rings. The zero-order chi connectivity index (χ0) is 9.90. The molecule has 1 saturated heterocycles. The average molecular weight is 196 g/mol. The molecular formula is C8H11F3O2. The highest BCUT2D eigenvalue weighted by Gasteiger charge is 2.38. The van der Waals surface area contributed by atoms with Gasteiger partial charge in [-0.3, -0.25) is 0 Å². The summed E-state index contributed by atoms with van der Waals surface area (Å²) in [5.41, 5.74) is -0.271. The van der Waals surface area contributed by atoms with Crippen molar-refractivity contribution in [2.45, 2.75) is 13.3 Å². The molecule has 0 aliphatic carbocycles. The van der Waals surface area contributed by atoms with Crippen molar-refractivity contribution < 1.29 is 22.6 Å². The van der Waals surface area contributed by atoms with Crippen molar-refractivity contribution >= 4 is 0 Å². The molecule has 0 bridgehead atoms. The summed E-state index contributed by atoms with van der Waals surface area (Å²) < 4.78 is 44.6. The standard InChI is InChI=1S/C8H11F3O2/c1-2-8(3-12-4-8)5-13-7(11)6(9)10/h2-5H2,1H3. The van der Waals surface area contributed by atoms with Crippen LogP contribution in [0.2, 0.25) is 0 Å². The van der Waals surface area contributed by atoms with Gasteiger partial charge in [0.15, 0.2) is 0 Å². The van der Waals surface area contributed by atoms with Gasteiger partial charge in [0.2, 0.25) is 0 Å². The van der Waals surface area contributed by atoms with Gasteiger partial charge in [-0.15, -0.1) is 0 Å². The highest BCUT2D eigenvalue weighted by atomic mass is 19.3. The summed E-state index contributed by atoms with van der Waals surface area (Å²) >= 11 is 0. The predicted molar refractivity (Wildman–Crippen MR) is 39.8 cm³/mol. The smallest absolute Gasteiger partial charge is 0.342 e. The van der Waals surface area contributed by atoms with Gasteiger partial charge in [0.1, 0.15) is 6.61 Å². The molecule has 1 fully saturated rings. The van der Waals surface area contributed by atoms with E-state index in [-0.39, 0.29) is 12.0 Å². The highest BCUT2D eigenvalue weighted by Crippen LogP contribution is 2.32. The molecule has 13 heavy (non-hydrogen) atoms. The molecule has 0 aromatic heterocycles. The maximum atomic E-state index is 12.2. The van der Waals surface area contributed by atoms with E-state index in [1.54, 1.807) is 0 Å². The minimum Gasteiger partial charge on any atom is -0.466 e. The van der Waals surface area contributed by atoms with E-state index in [0.717, 1.165) is 6.42 Å². The highest BCUT2D eigenvalue weighted by molar-refractivity contribution is 4.87. The minimum absolute atomic E-state index is 0.0489. The Balaban J connectivity index is 2.37. The fourth-order valence-electron chi connectivity index (χ4n) is 1.05. The molecule has 0 spiro atoms. The molecule has 1 heterocycles. The van der Waals surface area contributed by atoms with Crippen molar-refractivity contribution in [3.63, 3.8) is 0 Å². The van der Waals surface area contributed by atoms with Gasteiger partial charge in [0, 0.05) is 0 Å². The van der Waals surface area contributed by atoms with Gasteiger partial charge in [-0.05, 0) is 6.42 Å². The van der Waals surface area contributed by atoms with Crippen molar-refractivity contribution in [3.8, 4) is 0 Å². The molecule has 0 amide bonds. The topological polar surface area (TPSA) is 18.5 Å². The van der Waals surface area contributed by atoms with Gasteiger partial charge in [-0.2, -0.15) is 13.2 Å². The van der Waals surface area contributed by atoms with E-state index in [1.165, 1.54) is 0 Å². The van der Waals surface area contributed by atoms with Gasteiger partial charge >= 0.3 is 12.1 Å². The van der Waals surface area contributed by atoms with E-state index >= 15 is 0 Å². The Hall–Kier alpha value is -0.710. The van der Waals surface area contributed by atoms with Crippen LogP contribution in [-0.2, 0) is 9.47 Å². The molecule has 0 aromatic rings. The third kappa shape index (κ3) is 2.37. The summed E-state index contributed by atoms with van der Waals surface area (Å²) in [5.74, 6) is 0. The first-order valence-corrected chi connectivity index (χ1v) is 4.01. The Kier molecular flexibility index (Phi) is 3.19. The van der Waals surface area contributed by atoms with Gasteiger partial charge in [0.25, 0.3) is 0 Å². The summed E-state index contributed by atoms with van der Waals surface area (Å²) in [6, 6.07) is -1.78. The van der Waals surface area contributed by atoms with E-state index < -0.39 is 12.1 Å². The number of rotatable bonds is 4. The van der Waals surface area contributed by atoms with Gasteiger partial charge in [0.05, 0.1) is 18.6 Å². The van der Waals surface area contributed by atoms with Crippen LogP contribution < -0.4 is 0 Å². The van der Waals surface area contributed by atoms with Crippen LogP contribution >= 0.6 is 0 Å². The van der Waals surface area contributed by atoms with Crippen molar-refractivity contribution in [2.75, 3.05) is 19.8 Å². The van der Waals surface area contributed by atoms with Gasteiger partial charge < -0.3 is 9.47 Å². The number of hydrogen-bond acceptors (Lipinski definition) is 2. The zero-order valence-corrected chi connectivity index (χ0v) is 7.28. The molecule has 0 radical (unpaired) electrons. The van der Waals surface area contributed by atoms with Crippen LogP contribution in [0.4, 0.5) is 13.2 Å². The largest absolute Gasteiger partial charge is 0.466 e.